The molecule has 0 unspecified atom stereocenters. The van der Waals surface area contributed by atoms with Gasteiger partial charge in [-0.15, -0.1) is 0 Å². The van der Waals surface area contributed by atoms with Crippen LogP contribution in [0.1, 0.15) is 29.6 Å². The minimum atomic E-state index is -3.77. The number of hydrogen-bond donors (Lipinski definition) is 2. The Morgan fingerprint density at radius 3 is 2.38 bits per heavy atom. The molecule has 0 bridgehead atoms. The molecule has 2 amide bonds. The number of anilines is 1. The maximum Gasteiger partial charge on any atom is 0.261 e. The van der Waals surface area contributed by atoms with Crippen LogP contribution in [-0.2, 0) is 14.8 Å². The summed E-state index contributed by atoms with van der Waals surface area (Å²) in [5.41, 5.74) is 0.764. The molecule has 0 spiro atoms. The van der Waals surface area contributed by atoms with Crippen molar-refractivity contribution in [1.29, 1.82) is 0 Å². The summed E-state index contributed by atoms with van der Waals surface area (Å²) >= 11 is 5.80. The van der Waals surface area contributed by atoms with E-state index in [9.17, 15) is 18.0 Å². The van der Waals surface area contributed by atoms with Crippen LogP contribution < -0.4 is 10.0 Å². The lowest BCUT2D eigenvalue weighted by molar-refractivity contribution is -0.127. The van der Waals surface area contributed by atoms with Gasteiger partial charge in [0.25, 0.3) is 15.9 Å². The van der Waals surface area contributed by atoms with Crippen molar-refractivity contribution in [2.45, 2.75) is 24.2 Å². The quantitative estimate of drug-likeness (QED) is 0.623. The molecule has 3 rings (SSSR count). The van der Waals surface area contributed by atoms with Gasteiger partial charge in [0.05, 0.1) is 4.90 Å². The van der Waals surface area contributed by atoms with Crippen LogP contribution in [0, 0.1) is 0 Å². The van der Waals surface area contributed by atoms with Gasteiger partial charge < -0.3 is 10.2 Å². The highest BCUT2D eigenvalue weighted by molar-refractivity contribution is 7.92. The number of likely N-dealkylation sites (tertiary alicyclic amines) is 1. The third-order valence-corrected chi connectivity index (χ3v) is 6.23. The molecule has 9 heteroatoms. The Kier molecular flexibility index (Phi) is 6.76. The van der Waals surface area contributed by atoms with E-state index in [2.05, 4.69) is 10.0 Å². The largest absolute Gasteiger partial charge is 0.352 e. The SMILES string of the molecule is O=C(NCCCN1CCCC1=O)c1ccc(S(=O)(=O)Nc2ccc(Cl)cc2)cc1. The molecule has 2 aromatic rings. The van der Waals surface area contributed by atoms with Crippen LogP contribution in [0.4, 0.5) is 5.69 Å². The molecule has 0 radical (unpaired) electrons. The van der Waals surface area contributed by atoms with Gasteiger partial charge in [-0.05, 0) is 61.4 Å². The van der Waals surface area contributed by atoms with Gasteiger partial charge in [-0.2, -0.15) is 0 Å². The Hall–Kier alpha value is -2.58. The predicted molar refractivity (Wildman–Crippen MR) is 111 cm³/mol. The first-order valence-corrected chi connectivity index (χ1v) is 11.2. The highest BCUT2D eigenvalue weighted by Gasteiger charge is 2.19. The molecule has 1 saturated heterocycles. The normalized spacial score (nSPS) is 14.1. The molecule has 0 aromatic heterocycles. The van der Waals surface area contributed by atoms with Crippen molar-refractivity contribution >= 4 is 39.1 Å². The highest BCUT2D eigenvalue weighted by Crippen LogP contribution is 2.19. The minimum Gasteiger partial charge on any atom is -0.352 e. The van der Waals surface area contributed by atoms with E-state index in [0.29, 0.717) is 42.2 Å². The first kappa shape index (κ1) is 21.1. The lowest BCUT2D eigenvalue weighted by Crippen LogP contribution is -2.30. The number of nitrogens with one attached hydrogen (secondary N) is 2. The molecule has 1 aliphatic heterocycles. The van der Waals surface area contributed by atoms with Gasteiger partial charge in [-0.1, -0.05) is 11.6 Å². The van der Waals surface area contributed by atoms with Gasteiger partial charge in [0.2, 0.25) is 5.91 Å². The van der Waals surface area contributed by atoms with Gasteiger partial charge in [0.15, 0.2) is 0 Å². The van der Waals surface area contributed by atoms with Crippen LogP contribution in [0.25, 0.3) is 0 Å². The van der Waals surface area contributed by atoms with Crippen molar-refractivity contribution in [3.8, 4) is 0 Å². The number of nitrogens with zero attached hydrogens (tertiary/aromatic N) is 1. The summed E-state index contributed by atoms with van der Waals surface area (Å²) in [6.07, 6.45) is 2.18. The van der Waals surface area contributed by atoms with E-state index in [1.807, 2.05) is 0 Å². The van der Waals surface area contributed by atoms with Crippen molar-refractivity contribution in [2.75, 3.05) is 24.4 Å². The van der Waals surface area contributed by atoms with Gasteiger partial charge in [-0.25, -0.2) is 8.42 Å². The van der Waals surface area contributed by atoms with E-state index in [1.165, 1.54) is 24.3 Å². The second-order valence-electron chi connectivity index (χ2n) is 6.73. The zero-order valence-electron chi connectivity index (χ0n) is 15.7. The van der Waals surface area contributed by atoms with Crippen LogP contribution in [0.15, 0.2) is 53.4 Å². The molecular formula is C20H22ClN3O4S. The fourth-order valence-corrected chi connectivity index (χ4v) is 4.22. The molecule has 7 nitrogen and oxygen atoms in total. The minimum absolute atomic E-state index is 0.0524. The summed E-state index contributed by atoms with van der Waals surface area (Å²) in [5, 5.41) is 3.30. The summed E-state index contributed by atoms with van der Waals surface area (Å²) < 4.78 is 27.4. The fourth-order valence-electron chi connectivity index (χ4n) is 3.03. The number of hydrogen-bond acceptors (Lipinski definition) is 4. The van der Waals surface area contributed by atoms with Gasteiger partial charge in [0.1, 0.15) is 0 Å². The second kappa shape index (κ2) is 9.28. The van der Waals surface area contributed by atoms with E-state index in [4.69, 9.17) is 11.6 Å². The van der Waals surface area contributed by atoms with E-state index in [0.717, 1.165) is 13.0 Å². The molecule has 0 aliphatic carbocycles. The summed E-state index contributed by atoms with van der Waals surface area (Å²) in [4.78, 5) is 25.6. The molecule has 0 saturated carbocycles. The summed E-state index contributed by atoms with van der Waals surface area (Å²) in [5.74, 6) is -0.118. The van der Waals surface area contributed by atoms with Crippen LogP contribution in [0.3, 0.4) is 0 Å². The number of amides is 2. The van der Waals surface area contributed by atoms with Crippen molar-refractivity contribution in [3.05, 3.63) is 59.1 Å². The molecule has 2 N–H and O–H groups in total. The maximum absolute atomic E-state index is 12.5. The molecule has 29 heavy (non-hydrogen) atoms. The second-order valence-corrected chi connectivity index (χ2v) is 8.85. The van der Waals surface area contributed by atoms with Crippen LogP contribution >= 0.6 is 11.6 Å². The van der Waals surface area contributed by atoms with E-state index < -0.39 is 10.0 Å². The number of benzene rings is 2. The number of sulfonamides is 1. The Morgan fingerprint density at radius 2 is 1.76 bits per heavy atom. The smallest absolute Gasteiger partial charge is 0.261 e. The number of halogens is 1. The molecule has 1 fully saturated rings. The zero-order chi connectivity index (χ0) is 20.9. The molecule has 1 heterocycles. The average Bonchev–Trinajstić information content (AvgIpc) is 3.11. The average molecular weight is 436 g/mol. The number of carbonyl (C=O) groups excluding carboxylic acids is 2. The van der Waals surface area contributed by atoms with Crippen molar-refractivity contribution < 1.29 is 18.0 Å². The fraction of sp³-hybridized carbons (Fsp3) is 0.300. The third kappa shape index (κ3) is 5.71. The number of carbonyl (C=O) groups is 2. The Labute approximate surface area is 175 Å². The third-order valence-electron chi connectivity index (χ3n) is 4.58. The summed E-state index contributed by atoms with van der Waals surface area (Å²) in [6.45, 7) is 1.86. The molecule has 2 aromatic carbocycles. The van der Waals surface area contributed by atoms with E-state index in [1.54, 1.807) is 29.2 Å². The standard InChI is InChI=1S/C20H22ClN3O4S/c21-16-6-8-17(9-7-16)23-29(27,28)18-10-4-15(5-11-18)20(26)22-12-2-14-24-13-1-3-19(24)25/h4-11,23H,1-3,12-14H2,(H,22,26). The zero-order valence-corrected chi connectivity index (χ0v) is 17.3. The molecule has 0 atom stereocenters. The van der Waals surface area contributed by atoms with Crippen molar-refractivity contribution in [3.63, 3.8) is 0 Å². The topological polar surface area (TPSA) is 95.6 Å². The van der Waals surface area contributed by atoms with Crippen molar-refractivity contribution in [1.82, 2.24) is 10.2 Å². The summed E-state index contributed by atoms with van der Waals surface area (Å²) in [6, 6.07) is 12.0. The predicted octanol–water partition coefficient (Wildman–Crippen LogP) is 2.88. The molecule has 1 aliphatic rings. The monoisotopic (exact) mass is 435 g/mol. The van der Waals surface area contributed by atoms with E-state index in [-0.39, 0.29) is 16.7 Å². The van der Waals surface area contributed by atoms with Crippen molar-refractivity contribution in [2.24, 2.45) is 0 Å². The van der Waals surface area contributed by atoms with Gasteiger partial charge in [-0.3, -0.25) is 14.3 Å². The first-order chi connectivity index (χ1) is 13.8. The van der Waals surface area contributed by atoms with E-state index >= 15 is 0 Å². The van der Waals surface area contributed by atoms with Crippen LogP contribution in [-0.4, -0.2) is 44.8 Å². The molecular weight excluding hydrogens is 414 g/mol. The van der Waals surface area contributed by atoms with Crippen LogP contribution in [0.2, 0.25) is 5.02 Å². The maximum atomic E-state index is 12.5. The Morgan fingerprint density at radius 1 is 1.07 bits per heavy atom. The summed E-state index contributed by atoms with van der Waals surface area (Å²) in [7, 11) is -3.77. The van der Waals surface area contributed by atoms with Crippen LogP contribution in [0.5, 0.6) is 0 Å². The Bertz CT molecular complexity index is 976. The number of rotatable bonds is 8. The van der Waals surface area contributed by atoms with Gasteiger partial charge in [0, 0.05) is 42.3 Å². The molecule has 154 valence electrons. The lowest BCUT2D eigenvalue weighted by atomic mass is 10.2. The highest BCUT2D eigenvalue weighted by atomic mass is 35.5. The van der Waals surface area contributed by atoms with Gasteiger partial charge >= 0.3 is 0 Å². The lowest BCUT2D eigenvalue weighted by Gasteiger charge is -2.15. The Balaban J connectivity index is 1.52. The first-order valence-electron chi connectivity index (χ1n) is 9.29.